The van der Waals surface area contributed by atoms with Crippen LogP contribution in [0.3, 0.4) is 0 Å². The van der Waals surface area contributed by atoms with E-state index < -0.39 is 40.1 Å². The van der Waals surface area contributed by atoms with Gasteiger partial charge in [-0.15, -0.1) is 13.2 Å². The topological polar surface area (TPSA) is 97.0 Å². The first-order chi connectivity index (χ1) is 15.0. The van der Waals surface area contributed by atoms with Gasteiger partial charge in [0.1, 0.15) is 11.6 Å². The summed E-state index contributed by atoms with van der Waals surface area (Å²) < 4.78 is 79.9. The number of halogens is 4. The average molecular weight is 477 g/mol. The van der Waals surface area contributed by atoms with E-state index in [1.807, 2.05) is 0 Å². The minimum Gasteiger partial charge on any atom is -0.406 e. The minimum atomic E-state index is -4.87. The highest BCUT2D eigenvalue weighted by molar-refractivity contribution is 7.89. The van der Waals surface area contributed by atoms with Gasteiger partial charge in [-0.25, -0.2) is 23.1 Å². The van der Waals surface area contributed by atoms with E-state index in [2.05, 4.69) is 15.5 Å². The second kappa shape index (κ2) is 9.71. The molecule has 2 aromatic carbocycles. The quantitative estimate of drug-likeness (QED) is 0.489. The van der Waals surface area contributed by atoms with Gasteiger partial charge in [0.25, 0.3) is 0 Å². The molecule has 1 aliphatic heterocycles. The molecule has 1 heterocycles. The van der Waals surface area contributed by atoms with Crippen LogP contribution in [0.25, 0.3) is 0 Å². The number of nitrogens with zero attached hydrogens (tertiary/aromatic N) is 1. The Bertz CT molecular complexity index is 1020. The Balaban J connectivity index is 1.48. The zero-order chi connectivity index (χ0) is 23.4. The fourth-order valence-corrected chi connectivity index (χ4v) is 4.45. The highest BCUT2D eigenvalue weighted by atomic mass is 32.2. The van der Waals surface area contributed by atoms with Gasteiger partial charge in [-0.1, -0.05) is 0 Å². The molecule has 2 aromatic rings. The van der Waals surface area contributed by atoms with Crippen LogP contribution in [0.15, 0.2) is 53.4 Å². The maximum Gasteiger partial charge on any atom is 0.573 e. The van der Waals surface area contributed by atoms with Gasteiger partial charge in [-0.05, 0) is 61.4 Å². The number of ether oxygens (including phenoxy) is 1. The number of amides is 2. The monoisotopic (exact) mass is 477 g/mol. The molecule has 0 radical (unpaired) electrons. The molecule has 1 fully saturated rings. The minimum absolute atomic E-state index is 0.0923. The summed E-state index contributed by atoms with van der Waals surface area (Å²) in [6.07, 6.45) is -4.74. The lowest BCUT2D eigenvalue weighted by atomic mass is 10.1. The first-order valence-electron chi connectivity index (χ1n) is 9.37. The molecule has 0 spiro atoms. The van der Waals surface area contributed by atoms with Gasteiger partial charge in [0.2, 0.25) is 10.0 Å². The number of hydroxylamine groups is 1. The molecular weight excluding hydrogens is 458 g/mol. The molecule has 8 nitrogen and oxygen atoms in total. The summed E-state index contributed by atoms with van der Waals surface area (Å²) in [7, 11) is -3.91. The van der Waals surface area contributed by atoms with Crippen molar-refractivity contribution in [3.05, 3.63) is 54.3 Å². The number of alkyl halides is 3. The molecule has 1 aliphatic rings. The number of sulfonamides is 1. The van der Waals surface area contributed by atoms with Gasteiger partial charge in [0, 0.05) is 18.8 Å². The van der Waals surface area contributed by atoms with E-state index in [9.17, 15) is 30.8 Å². The zero-order valence-electron chi connectivity index (χ0n) is 16.4. The lowest BCUT2D eigenvalue weighted by molar-refractivity contribution is -0.274. The predicted octanol–water partition coefficient (Wildman–Crippen LogP) is 3.63. The van der Waals surface area contributed by atoms with E-state index in [0.29, 0.717) is 5.69 Å². The highest BCUT2D eigenvalue weighted by Crippen LogP contribution is 2.26. The van der Waals surface area contributed by atoms with Crippen molar-refractivity contribution in [3.63, 3.8) is 0 Å². The highest BCUT2D eigenvalue weighted by Gasteiger charge is 2.32. The summed E-state index contributed by atoms with van der Waals surface area (Å²) in [4.78, 5) is 17.0. The number of rotatable bonds is 6. The summed E-state index contributed by atoms with van der Waals surface area (Å²) in [5.41, 5.74) is 2.57. The third-order valence-corrected chi connectivity index (χ3v) is 6.43. The van der Waals surface area contributed by atoms with Gasteiger partial charge < -0.3 is 10.1 Å². The van der Waals surface area contributed by atoms with E-state index in [0.717, 1.165) is 24.3 Å². The summed E-state index contributed by atoms with van der Waals surface area (Å²) in [5.74, 6) is -0.965. The average Bonchev–Trinajstić information content (AvgIpc) is 2.73. The maximum absolute atomic E-state index is 12.9. The maximum atomic E-state index is 12.9. The van der Waals surface area contributed by atoms with E-state index in [4.69, 9.17) is 4.84 Å². The van der Waals surface area contributed by atoms with Crippen LogP contribution in [0.5, 0.6) is 5.75 Å². The molecule has 0 aliphatic carbocycles. The van der Waals surface area contributed by atoms with Crippen LogP contribution in [0, 0.1) is 5.82 Å². The molecular formula is C19H19F4N3O5S. The molecule has 32 heavy (non-hydrogen) atoms. The van der Waals surface area contributed by atoms with Gasteiger partial charge in [0.15, 0.2) is 0 Å². The Morgan fingerprint density at radius 2 is 1.59 bits per heavy atom. The first kappa shape index (κ1) is 23.8. The largest absolute Gasteiger partial charge is 0.573 e. The Morgan fingerprint density at radius 1 is 1.00 bits per heavy atom. The lowest BCUT2D eigenvalue weighted by Crippen LogP contribution is -2.43. The van der Waals surface area contributed by atoms with Crippen LogP contribution >= 0.6 is 0 Å². The molecule has 0 unspecified atom stereocenters. The first-order valence-corrected chi connectivity index (χ1v) is 10.8. The normalized spacial score (nSPS) is 15.9. The van der Waals surface area contributed by atoms with Crippen LogP contribution in [0.1, 0.15) is 12.8 Å². The van der Waals surface area contributed by atoms with Crippen LogP contribution in [-0.2, 0) is 14.9 Å². The number of carbonyl (C=O) groups is 1. The number of piperidine rings is 1. The van der Waals surface area contributed by atoms with Crippen molar-refractivity contribution in [1.82, 2.24) is 9.79 Å². The molecule has 3 rings (SSSR count). The number of nitrogens with one attached hydrogen (secondary N) is 2. The predicted molar refractivity (Wildman–Crippen MR) is 105 cm³/mol. The molecule has 13 heteroatoms. The van der Waals surface area contributed by atoms with E-state index >= 15 is 0 Å². The lowest BCUT2D eigenvalue weighted by Gasteiger charge is -2.30. The van der Waals surface area contributed by atoms with Gasteiger partial charge in [0.05, 0.1) is 11.0 Å². The van der Waals surface area contributed by atoms with Crippen LogP contribution in [-0.4, -0.2) is 44.3 Å². The molecule has 0 atom stereocenters. The second-order valence-electron chi connectivity index (χ2n) is 6.80. The summed E-state index contributed by atoms with van der Waals surface area (Å²) in [6.45, 7) is 0.185. The Hall–Kier alpha value is -2.90. The van der Waals surface area contributed by atoms with Crippen molar-refractivity contribution < 1.29 is 40.3 Å². The second-order valence-corrected chi connectivity index (χ2v) is 8.74. The van der Waals surface area contributed by atoms with Gasteiger partial charge in [-0.3, -0.25) is 4.84 Å². The molecule has 0 aromatic heterocycles. The fraction of sp³-hybridized carbons (Fsp3) is 0.316. The van der Waals surface area contributed by atoms with Gasteiger partial charge >= 0.3 is 12.4 Å². The van der Waals surface area contributed by atoms with E-state index in [1.54, 1.807) is 0 Å². The van der Waals surface area contributed by atoms with Crippen molar-refractivity contribution in [3.8, 4) is 5.75 Å². The van der Waals surface area contributed by atoms with E-state index in [1.165, 1.54) is 28.6 Å². The standard InChI is InChI=1S/C19H19F4N3O5S/c20-13-1-3-14(4-2-13)24-18(27)25-31-16-9-11-26(12-10-16)32(28,29)17-7-5-15(6-8-17)30-19(21,22)23/h1-8,16H,9-12H2,(H2,24,25,27). The summed E-state index contributed by atoms with van der Waals surface area (Å²) in [6, 6.07) is 8.39. The molecule has 0 bridgehead atoms. The van der Waals surface area contributed by atoms with Crippen molar-refractivity contribution in [2.75, 3.05) is 18.4 Å². The Morgan fingerprint density at radius 3 is 2.16 bits per heavy atom. The van der Waals surface area contributed by atoms with Crippen LogP contribution in [0.2, 0.25) is 0 Å². The SMILES string of the molecule is O=C(NOC1CCN(S(=O)(=O)c2ccc(OC(F)(F)F)cc2)CC1)Nc1ccc(F)cc1. The Labute approximate surface area is 181 Å². The molecule has 2 amide bonds. The number of hydrogen-bond donors (Lipinski definition) is 2. The number of anilines is 1. The fourth-order valence-electron chi connectivity index (χ4n) is 2.98. The third-order valence-electron chi connectivity index (χ3n) is 4.52. The zero-order valence-corrected chi connectivity index (χ0v) is 17.2. The van der Waals surface area contributed by atoms with Crippen molar-refractivity contribution in [2.45, 2.75) is 30.2 Å². The molecule has 1 saturated heterocycles. The summed E-state index contributed by atoms with van der Waals surface area (Å²) >= 11 is 0. The summed E-state index contributed by atoms with van der Waals surface area (Å²) in [5, 5.41) is 2.45. The van der Waals surface area contributed by atoms with Crippen molar-refractivity contribution in [1.29, 1.82) is 0 Å². The number of carbonyl (C=O) groups excluding carboxylic acids is 1. The van der Waals surface area contributed by atoms with Crippen LogP contribution in [0.4, 0.5) is 28.0 Å². The number of urea groups is 1. The number of benzene rings is 2. The van der Waals surface area contributed by atoms with Crippen LogP contribution < -0.4 is 15.5 Å². The molecule has 2 N–H and O–H groups in total. The Kier molecular flexibility index (Phi) is 7.21. The van der Waals surface area contributed by atoms with Crippen molar-refractivity contribution >= 4 is 21.7 Å². The smallest absolute Gasteiger partial charge is 0.406 e. The third kappa shape index (κ3) is 6.55. The van der Waals surface area contributed by atoms with Crippen molar-refractivity contribution in [2.24, 2.45) is 0 Å². The molecule has 174 valence electrons. The number of hydrogen-bond acceptors (Lipinski definition) is 5. The van der Waals surface area contributed by atoms with Gasteiger partial charge in [-0.2, -0.15) is 4.31 Å². The van der Waals surface area contributed by atoms with E-state index in [-0.39, 0.29) is 30.8 Å². The molecule has 0 saturated carbocycles.